The number of allylic oxidation sites excluding steroid dienone is 1. The van der Waals surface area contributed by atoms with Crippen LogP contribution in [0.15, 0.2) is 42.2 Å². The van der Waals surface area contributed by atoms with Crippen LogP contribution in [0.2, 0.25) is 0 Å². The Morgan fingerprint density at radius 2 is 1.67 bits per heavy atom. The van der Waals surface area contributed by atoms with E-state index in [-0.39, 0.29) is 5.41 Å². The summed E-state index contributed by atoms with van der Waals surface area (Å²) in [5.74, 6) is 1.86. The van der Waals surface area contributed by atoms with Crippen LogP contribution in [0.25, 0.3) is 0 Å². The largest absolute Gasteiger partial charge is 0.315 e. The van der Waals surface area contributed by atoms with Crippen molar-refractivity contribution in [3.8, 4) is 0 Å². The van der Waals surface area contributed by atoms with Gasteiger partial charge in [0.05, 0.1) is 0 Å². The van der Waals surface area contributed by atoms with Gasteiger partial charge in [-0.3, -0.25) is 0 Å². The smallest absolute Gasteiger partial charge is 0.133 e. The highest BCUT2D eigenvalue weighted by molar-refractivity contribution is 7.73. The molecular formula is C13H19OP. The molecule has 0 aliphatic rings. The van der Waals surface area contributed by atoms with E-state index in [1.54, 1.807) is 0 Å². The SMILES string of the molecule is CC(C)(C)C=CP(C)(=O)c1ccccc1. The molecule has 0 fully saturated rings. The molecule has 1 aromatic rings. The standard InChI is InChI=1S/C13H19OP/c1-13(2,3)10-11-15(4,14)12-8-6-5-7-9-12/h5-11H,1-4H3. The van der Waals surface area contributed by atoms with E-state index in [1.165, 1.54) is 0 Å². The maximum atomic E-state index is 12.4. The van der Waals surface area contributed by atoms with Crippen LogP contribution < -0.4 is 5.30 Å². The van der Waals surface area contributed by atoms with Crippen LogP contribution in [0, 0.1) is 5.41 Å². The van der Waals surface area contributed by atoms with Gasteiger partial charge in [0.25, 0.3) is 0 Å². The van der Waals surface area contributed by atoms with Gasteiger partial charge < -0.3 is 4.57 Å². The van der Waals surface area contributed by atoms with Crippen molar-refractivity contribution in [1.82, 2.24) is 0 Å². The van der Waals surface area contributed by atoms with Crippen LogP contribution >= 0.6 is 7.14 Å². The summed E-state index contributed by atoms with van der Waals surface area (Å²) < 4.78 is 12.4. The minimum atomic E-state index is -2.32. The number of rotatable bonds is 2. The van der Waals surface area contributed by atoms with Gasteiger partial charge in [-0.15, -0.1) is 0 Å². The first-order valence-corrected chi connectivity index (χ1v) is 7.37. The van der Waals surface area contributed by atoms with Crippen LogP contribution in [0.3, 0.4) is 0 Å². The molecule has 1 unspecified atom stereocenters. The lowest BCUT2D eigenvalue weighted by Crippen LogP contribution is -2.03. The topological polar surface area (TPSA) is 17.1 Å². The third-order valence-corrected chi connectivity index (χ3v) is 4.17. The molecule has 0 N–H and O–H groups in total. The molecule has 0 bridgehead atoms. The highest BCUT2D eigenvalue weighted by Gasteiger charge is 2.15. The molecule has 1 rings (SSSR count). The lowest BCUT2D eigenvalue weighted by molar-refractivity contribution is 0.543. The molecule has 0 spiro atoms. The van der Waals surface area contributed by atoms with Crippen molar-refractivity contribution in [3.63, 3.8) is 0 Å². The van der Waals surface area contributed by atoms with Gasteiger partial charge in [0.2, 0.25) is 0 Å². The van der Waals surface area contributed by atoms with Crippen molar-refractivity contribution in [3.05, 3.63) is 42.2 Å². The van der Waals surface area contributed by atoms with Gasteiger partial charge in [0.1, 0.15) is 7.14 Å². The minimum absolute atomic E-state index is 0.0838. The third-order valence-electron chi connectivity index (χ3n) is 2.13. The van der Waals surface area contributed by atoms with Crippen LogP contribution in [0.1, 0.15) is 20.8 Å². The molecule has 1 aromatic carbocycles. The number of benzene rings is 1. The van der Waals surface area contributed by atoms with Gasteiger partial charge in [-0.05, 0) is 17.9 Å². The molecular weight excluding hydrogens is 203 g/mol. The van der Waals surface area contributed by atoms with Crippen LogP contribution in [-0.2, 0) is 4.57 Å². The molecule has 0 aliphatic heterocycles. The summed E-state index contributed by atoms with van der Waals surface area (Å²) in [4.78, 5) is 0. The van der Waals surface area contributed by atoms with Crippen molar-refractivity contribution >= 4 is 12.4 Å². The molecule has 0 saturated carbocycles. The Bertz CT molecular complexity index is 385. The Morgan fingerprint density at radius 3 is 2.13 bits per heavy atom. The van der Waals surface area contributed by atoms with Crippen molar-refractivity contribution in [1.29, 1.82) is 0 Å². The van der Waals surface area contributed by atoms with Gasteiger partial charge in [-0.1, -0.05) is 57.2 Å². The summed E-state index contributed by atoms with van der Waals surface area (Å²) in [5.41, 5.74) is 0.0838. The minimum Gasteiger partial charge on any atom is -0.315 e. The quantitative estimate of drug-likeness (QED) is 0.694. The monoisotopic (exact) mass is 222 g/mol. The molecule has 0 saturated heterocycles. The van der Waals surface area contributed by atoms with Crippen molar-refractivity contribution in [2.45, 2.75) is 20.8 Å². The molecule has 2 heteroatoms. The van der Waals surface area contributed by atoms with E-state index in [2.05, 4.69) is 20.8 Å². The molecule has 1 nitrogen and oxygen atoms in total. The second kappa shape index (κ2) is 4.37. The molecule has 1 atom stereocenters. The number of hydrogen-bond acceptors (Lipinski definition) is 1. The first-order valence-electron chi connectivity index (χ1n) is 5.14. The summed E-state index contributed by atoms with van der Waals surface area (Å²) in [6.45, 7) is 8.13. The van der Waals surface area contributed by atoms with E-state index in [9.17, 15) is 4.57 Å². The molecule has 0 aromatic heterocycles. The third kappa shape index (κ3) is 4.05. The normalized spacial score (nSPS) is 16.5. The molecule has 0 radical (unpaired) electrons. The Morgan fingerprint density at radius 1 is 1.13 bits per heavy atom. The maximum absolute atomic E-state index is 12.4. The molecule has 82 valence electrons. The Hall–Kier alpha value is -0.810. The van der Waals surface area contributed by atoms with E-state index in [4.69, 9.17) is 0 Å². The van der Waals surface area contributed by atoms with Gasteiger partial charge >= 0.3 is 0 Å². The zero-order valence-corrected chi connectivity index (χ0v) is 10.8. The second-order valence-corrected chi connectivity index (χ2v) is 7.80. The fourth-order valence-corrected chi connectivity index (χ4v) is 2.84. The first-order chi connectivity index (χ1) is 6.81. The van der Waals surface area contributed by atoms with Gasteiger partial charge in [0, 0.05) is 5.30 Å². The molecule has 15 heavy (non-hydrogen) atoms. The second-order valence-electron chi connectivity index (χ2n) is 5.01. The van der Waals surface area contributed by atoms with Crippen molar-refractivity contribution in [2.24, 2.45) is 5.41 Å². The van der Waals surface area contributed by atoms with Crippen molar-refractivity contribution < 1.29 is 4.57 Å². The van der Waals surface area contributed by atoms with Gasteiger partial charge in [-0.2, -0.15) is 0 Å². The maximum Gasteiger partial charge on any atom is 0.133 e. The molecule has 0 aliphatic carbocycles. The lowest BCUT2D eigenvalue weighted by Gasteiger charge is -2.14. The highest BCUT2D eigenvalue weighted by atomic mass is 31.2. The fourth-order valence-electron chi connectivity index (χ4n) is 1.18. The zero-order chi connectivity index (χ0) is 11.5. The number of hydrogen-bond donors (Lipinski definition) is 0. The fraction of sp³-hybridized carbons (Fsp3) is 0.385. The highest BCUT2D eigenvalue weighted by Crippen LogP contribution is 2.42. The summed E-state index contributed by atoms with van der Waals surface area (Å²) in [7, 11) is -2.32. The summed E-state index contributed by atoms with van der Waals surface area (Å²) in [6.07, 6.45) is 2.03. The van der Waals surface area contributed by atoms with Gasteiger partial charge in [0.15, 0.2) is 0 Å². The predicted molar refractivity (Wildman–Crippen MR) is 68.2 cm³/mol. The van der Waals surface area contributed by atoms with Crippen LogP contribution in [0.4, 0.5) is 0 Å². The van der Waals surface area contributed by atoms with E-state index in [0.29, 0.717) is 0 Å². The van der Waals surface area contributed by atoms with E-state index >= 15 is 0 Å². The summed E-state index contributed by atoms with van der Waals surface area (Å²) >= 11 is 0. The van der Waals surface area contributed by atoms with Gasteiger partial charge in [-0.25, -0.2) is 0 Å². The van der Waals surface area contributed by atoms with E-state index < -0.39 is 7.14 Å². The Balaban J connectivity index is 2.95. The Kier molecular flexibility index (Phi) is 3.57. The summed E-state index contributed by atoms with van der Waals surface area (Å²) in [6, 6.07) is 9.64. The Labute approximate surface area is 92.6 Å². The predicted octanol–water partition coefficient (Wildman–Crippen LogP) is 3.86. The van der Waals surface area contributed by atoms with Crippen molar-refractivity contribution in [2.75, 3.05) is 6.66 Å². The van der Waals surface area contributed by atoms with E-state index in [1.807, 2.05) is 48.9 Å². The lowest BCUT2D eigenvalue weighted by atomic mass is 9.98. The average Bonchev–Trinajstić information content (AvgIpc) is 2.16. The van der Waals surface area contributed by atoms with Crippen LogP contribution in [0.5, 0.6) is 0 Å². The average molecular weight is 222 g/mol. The van der Waals surface area contributed by atoms with Crippen LogP contribution in [-0.4, -0.2) is 6.66 Å². The summed E-state index contributed by atoms with van der Waals surface area (Å²) in [5, 5.41) is 0.922. The first kappa shape index (κ1) is 12.3. The van der Waals surface area contributed by atoms with E-state index in [0.717, 1.165) is 5.30 Å². The molecule has 0 amide bonds. The molecule has 0 heterocycles. The zero-order valence-electron chi connectivity index (χ0n) is 9.90.